The Morgan fingerprint density at radius 2 is 1.78 bits per heavy atom. The van der Waals surface area contributed by atoms with Crippen LogP contribution in [-0.4, -0.2) is 12.9 Å². The topological polar surface area (TPSA) is 21.3 Å². The Morgan fingerprint density at radius 1 is 1.11 bits per heavy atom. The number of alkyl halides is 3. The van der Waals surface area contributed by atoms with E-state index in [0.717, 1.165) is 31.4 Å². The SMILES string of the molecule is Cl.FC(F)(F)Oc1ccc([C@@H]2CCCCN2)cc1. The minimum atomic E-state index is -4.62. The summed E-state index contributed by atoms with van der Waals surface area (Å²) >= 11 is 0. The molecule has 6 heteroatoms. The smallest absolute Gasteiger partial charge is 0.406 e. The highest BCUT2D eigenvalue weighted by molar-refractivity contribution is 5.85. The molecule has 102 valence electrons. The van der Waals surface area contributed by atoms with Crippen LogP contribution in [0, 0.1) is 0 Å². The molecular weight excluding hydrogens is 267 g/mol. The van der Waals surface area contributed by atoms with Crippen LogP contribution in [0.5, 0.6) is 5.75 Å². The molecule has 1 aliphatic rings. The molecule has 1 N–H and O–H groups in total. The molecule has 0 aromatic heterocycles. The number of hydrogen-bond acceptors (Lipinski definition) is 2. The van der Waals surface area contributed by atoms with Gasteiger partial charge in [-0.2, -0.15) is 0 Å². The van der Waals surface area contributed by atoms with Gasteiger partial charge in [-0.3, -0.25) is 0 Å². The Balaban J connectivity index is 0.00000162. The van der Waals surface area contributed by atoms with Crippen molar-refractivity contribution in [1.29, 1.82) is 0 Å². The lowest BCUT2D eigenvalue weighted by atomic mass is 9.98. The fourth-order valence-corrected chi connectivity index (χ4v) is 2.04. The normalized spacial score (nSPS) is 20.1. The van der Waals surface area contributed by atoms with E-state index in [0.29, 0.717) is 0 Å². The molecule has 0 saturated carbocycles. The van der Waals surface area contributed by atoms with Crippen LogP contribution in [0.1, 0.15) is 30.9 Å². The quantitative estimate of drug-likeness (QED) is 0.890. The summed E-state index contributed by atoms with van der Waals surface area (Å²) in [5.41, 5.74) is 1.01. The van der Waals surface area contributed by atoms with Crippen LogP contribution in [-0.2, 0) is 0 Å². The third-order valence-corrected chi connectivity index (χ3v) is 2.83. The lowest BCUT2D eigenvalue weighted by molar-refractivity contribution is -0.274. The number of nitrogens with one attached hydrogen (secondary N) is 1. The van der Waals surface area contributed by atoms with Gasteiger partial charge in [-0.05, 0) is 37.1 Å². The maximum Gasteiger partial charge on any atom is 0.573 e. The molecule has 0 amide bonds. The second kappa shape index (κ2) is 6.29. The van der Waals surface area contributed by atoms with E-state index in [4.69, 9.17) is 0 Å². The molecule has 1 heterocycles. The number of hydrogen-bond donors (Lipinski definition) is 1. The second-order valence-electron chi connectivity index (χ2n) is 4.12. The van der Waals surface area contributed by atoms with Crippen molar-refractivity contribution in [3.63, 3.8) is 0 Å². The zero-order chi connectivity index (χ0) is 12.3. The summed E-state index contributed by atoms with van der Waals surface area (Å²) in [6.07, 6.45) is -1.28. The van der Waals surface area contributed by atoms with Crippen LogP contribution in [0.3, 0.4) is 0 Å². The standard InChI is InChI=1S/C12H14F3NO.ClH/c13-12(14,15)17-10-6-4-9(5-7-10)11-3-1-2-8-16-11;/h4-7,11,16H,1-3,8H2;1H/t11-;/m0./s1. The molecule has 1 saturated heterocycles. The fraction of sp³-hybridized carbons (Fsp3) is 0.500. The van der Waals surface area contributed by atoms with E-state index >= 15 is 0 Å². The molecule has 1 atom stereocenters. The van der Waals surface area contributed by atoms with Gasteiger partial charge in [-0.25, -0.2) is 0 Å². The van der Waals surface area contributed by atoms with Crippen molar-refractivity contribution in [2.75, 3.05) is 6.54 Å². The molecule has 2 rings (SSSR count). The van der Waals surface area contributed by atoms with Crippen molar-refractivity contribution in [3.8, 4) is 5.75 Å². The van der Waals surface area contributed by atoms with Crippen LogP contribution in [0.25, 0.3) is 0 Å². The van der Waals surface area contributed by atoms with Crippen LogP contribution in [0.15, 0.2) is 24.3 Å². The third-order valence-electron chi connectivity index (χ3n) is 2.83. The minimum Gasteiger partial charge on any atom is -0.406 e. The van der Waals surface area contributed by atoms with E-state index in [-0.39, 0.29) is 24.2 Å². The Bertz CT molecular complexity index is 361. The first-order chi connectivity index (χ1) is 8.04. The number of piperidine rings is 1. The molecule has 0 spiro atoms. The predicted molar refractivity (Wildman–Crippen MR) is 65.0 cm³/mol. The maximum absolute atomic E-state index is 12.0. The van der Waals surface area contributed by atoms with Crippen molar-refractivity contribution >= 4 is 12.4 Å². The van der Waals surface area contributed by atoms with Gasteiger partial charge < -0.3 is 10.1 Å². The third kappa shape index (κ3) is 4.38. The molecule has 18 heavy (non-hydrogen) atoms. The molecule has 1 aromatic carbocycles. The summed E-state index contributed by atoms with van der Waals surface area (Å²) in [4.78, 5) is 0. The highest BCUT2D eigenvalue weighted by Crippen LogP contribution is 2.27. The average molecular weight is 282 g/mol. The summed E-state index contributed by atoms with van der Waals surface area (Å²) in [5.74, 6) is -0.169. The minimum absolute atomic E-state index is 0. The van der Waals surface area contributed by atoms with Gasteiger partial charge >= 0.3 is 6.36 Å². The largest absolute Gasteiger partial charge is 0.573 e. The lowest BCUT2D eigenvalue weighted by Gasteiger charge is -2.24. The monoisotopic (exact) mass is 281 g/mol. The summed E-state index contributed by atoms with van der Waals surface area (Å²) in [6.45, 7) is 0.964. The Hall–Kier alpha value is -0.940. The Labute approximate surface area is 110 Å². The van der Waals surface area contributed by atoms with Gasteiger partial charge in [0.25, 0.3) is 0 Å². The highest BCUT2D eigenvalue weighted by atomic mass is 35.5. The zero-order valence-corrected chi connectivity index (χ0v) is 10.5. The van der Waals surface area contributed by atoms with Crippen molar-refractivity contribution in [2.45, 2.75) is 31.7 Å². The maximum atomic E-state index is 12.0. The number of halogens is 4. The molecule has 1 aliphatic heterocycles. The van der Waals surface area contributed by atoms with E-state index in [1.54, 1.807) is 12.1 Å². The summed E-state index contributed by atoms with van der Waals surface area (Å²) < 4.78 is 39.7. The van der Waals surface area contributed by atoms with E-state index in [9.17, 15) is 13.2 Å². The van der Waals surface area contributed by atoms with Gasteiger partial charge in [0.15, 0.2) is 0 Å². The Kier molecular flexibility index (Phi) is 5.28. The van der Waals surface area contributed by atoms with Crippen molar-refractivity contribution in [3.05, 3.63) is 29.8 Å². The first-order valence-corrected chi connectivity index (χ1v) is 5.64. The second-order valence-corrected chi connectivity index (χ2v) is 4.12. The van der Waals surface area contributed by atoms with Gasteiger partial charge in [0, 0.05) is 6.04 Å². The molecule has 1 fully saturated rings. The van der Waals surface area contributed by atoms with Crippen LogP contribution < -0.4 is 10.1 Å². The van der Waals surface area contributed by atoms with Gasteiger partial charge in [-0.15, -0.1) is 25.6 Å². The molecule has 1 aromatic rings. The molecule has 0 radical (unpaired) electrons. The first kappa shape index (κ1) is 15.1. The van der Waals surface area contributed by atoms with Crippen molar-refractivity contribution < 1.29 is 17.9 Å². The zero-order valence-electron chi connectivity index (χ0n) is 9.67. The van der Waals surface area contributed by atoms with Crippen LogP contribution >= 0.6 is 12.4 Å². The van der Waals surface area contributed by atoms with Crippen molar-refractivity contribution in [1.82, 2.24) is 5.32 Å². The van der Waals surface area contributed by atoms with Gasteiger partial charge in [0.2, 0.25) is 0 Å². The molecular formula is C12H15ClF3NO. The Morgan fingerprint density at radius 3 is 2.28 bits per heavy atom. The first-order valence-electron chi connectivity index (χ1n) is 5.64. The van der Waals surface area contributed by atoms with Gasteiger partial charge in [0.1, 0.15) is 5.75 Å². The molecule has 0 unspecified atom stereocenters. The number of benzene rings is 1. The summed E-state index contributed by atoms with van der Waals surface area (Å²) in [7, 11) is 0. The van der Waals surface area contributed by atoms with E-state index in [2.05, 4.69) is 10.1 Å². The van der Waals surface area contributed by atoms with Crippen LogP contribution in [0.4, 0.5) is 13.2 Å². The van der Waals surface area contributed by atoms with E-state index < -0.39 is 6.36 Å². The van der Waals surface area contributed by atoms with E-state index in [1.807, 2.05) is 0 Å². The van der Waals surface area contributed by atoms with Gasteiger partial charge in [0.05, 0.1) is 0 Å². The van der Waals surface area contributed by atoms with Crippen molar-refractivity contribution in [2.24, 2.45) is 0 Å². The highest BCUT2D eigenvalue weighted by Gasteiger charge is 2.31. The number of rotatable bonds is 2. The molecule has 2 nitrogen and oxygen atoms in total. The number of ether oxygens (including phenoxy) is 1. The fourth-order valence-electron chi connectivity index (χ4n) is 2.04. The summed E-state index contributed by atoms with van der Waals surface area (Å²) in [6, 6.07) is 6.34. The van der Waals surface area contributed by atoms with Crippen LogP contribution in [0.2, 0.25) is 0 Å². The molecule has 0 aliphatic carbocycles. The summed E-state index contributed by atoms with van der Waals surface area (Å²) in [5, 5.41) is 3.34. The lowest BCUT2D eigenvalue weighted by Crippen LogP contribution is -2.26. The molecule has 0 bridgehead atoms. The van der Waals surface area contributed by atoms with E-state index in [1.165, 1.54) is 12.1 Å². The van der Waals surface area contributed by atoms with Gasteiger partial charge in [-0.1, -0.05) is 18.6 Å². The average Bonchev–Trinajstić information content (AvgIpc) is 2.29. The predicted octanol–water partition coefficient (Wildman–Crippen LogP) is 3.82.